The van der Waals surface area contributed by atoms with Crippen LogP contribution in [0.3, 0.4) is 0 Å². The Balaban J connectivity index is 2.21. The molecule has 0 bridgehead atoms. The van der Waals surface area contributed by atoms with E-state index in [2.05, 4.69) is 15.6 Å². The summed E-state index contributed by atoms with van der Waals surface area (Å²) >= 11 is 0. The summed E-state index contributed by atoms with van der Waals surface area (Å²) in [5.74, 6) is -1.65. The highest BCUT2D eigenvalue weighted by Gasteiger charge is 2.19. The summed E-state index contributed by atoms with van der Waals surface area (Å²) in [6.07, 6.45) is 0. The zero-order valence-electron chi connectivity index (χ0n) is 12.1. The molecule has 0 spiro atoms. The van der Waals surface area contributed by atoms with Gasteiger partial charge in [0.25, 0.3) is 11.5 Å². The fourth-order valence-corrected chi connectivity index (χ4v) is 1.84. The summed E-state index contributed by atoms with van der Waals surface area (Å²) in [5.41, 5.74) is -0.423. The average Bonchev–Trinajstić information content (AvgIpc) is 2.52. The van der Waals surface area contributed by atoms with Gasteiger partial charge in [0.1, 0.15) is 5.82 Å². The number of hydrogen-bond acceptors (Lipinski definition) is 5. The van der Waals surface area contributed by atoms with E-state index in [0.717, 1.165) is 4.57 Å². The first-order chi connectivity index (χ1) is 10.4. The highest BCUT2D eigenvalue weighted by molar-refractivity contribution is 5.94. The summed E-state index contributed by atoms with van der Waals surface area (Å²) < 4.78 is 13.9. The topological polar surface area (TPSA) is 96.2 Å². The molecule has 8 heteroatoms. The Bertz CT molecular complexity index is 756. The van der Waals surface area contributed by atoms with Crippen molar-refractivity contribution in [1.29, 1.82) is 0 Å². The van der Waals surface area contributed by atoms with Gasteiger partial charge in [-0.25, -0.2) is 9.37 Å². The van der Waals surface area contributed by atoms with Gasteiger partial charge in [0.05, 0.1) is 0 Å². The number of aromatic hydroxyl groups is 1. The summed E-state index contributed by atoms with van der Waals surface area (Å²) in [6, 6.07) is 5.58. The van der Waals surface area contributed by atoms with E-state index >= 15 is 0 Å². The third-order valence-corrected chi connectivity index (χ3v) is 3.07. The third kappa shape index (κ3) is 3.05. The van der Waals surface area contributed by atoms with Crippen molar-refractivity contribution < 1.29 is 14.3 Å². The lowest BCUT2D eigenvalue weighted by molar-refractivity contribution is 0.0942. The predicted molar refractivity (Wildman–Crippen MR) is 78.3 cm³/mol. The number of nitrogens with one attached hydrogen (secondary N) is 2. The molecule has 2 aromatic rings. The Morgan fingerprint density at radius 1 is 1.36 bits per heavy atom. The number of anilines is 1. The number of benzene rings is 1. The van der Waals surface area contributed by atoms with Gasteiger partial charge in [-0.1, -0.05) is 12.1 Å². The normalized spacial score (nSPS) is 10.3. The molecule has 0 aliphatic rings. The maximum atomic E-state index is 12.8. The quantitative estimate of drug-likeness (QED) is 0.768. The molecule has 1 aromatic heterocycles. The van der Waals surface area contributed by atoms with E-state index in [1.54, 1.807) is 7.05 Å². The van der Waals surface area contributed by atoms with Crippen LogP contribution >= 0.6 is 0 Å². The van der Waals surface area contributed by atoms with Crippen LogP contribution in [0.15, 0.2) is 29.1 Å². The fourth-order valence-electron chi connectivity index (χ4n) is 1.84. The first-order valence-electron chi connectivity index (χ1n) is 6.44. The maximum Gasteiger partial charge on any atom is 0.297 e. The smallest absolute Gasteiger partial charge is 0.297 e. The molecule has 0 fully saturated rings. The highest BCUT2D eigenvalue weighted by Crippen LogP contribution is 2.12. The van der Waals surface area contributed by atoms with E-state index in [9.17, 15) is 19.1 Å². The molecule has 0 atom stereocenters. The molecule has 7 nitrogen and oxygen atoms in total. The van der Waals surface area contributed by atoms with Crippen LogP contribution < -0.4 is 16.2 Å². The molecule has 1 aromatic carbocycles. The lowest BCUT2D eigenvalue weighted by Crippen LogP contribution is -2.29. The average molecular weight is 306 g/mol. The van der Waals surface area contributed by atoms with E-state index in [-0.39, 0.29) is 24.0 Å². The van der Waals surface area contributed by atoms with Crippen molar-refractivity contribution in [3.63, 3.8) is 0 Å². The van der Waals surface area contributed by atoms with E-state index in [1.807, 2.05) is 0 Å². The van der Waals surface area contributed by atoms with Crippen molar-refractivity contribution in [1.82, 2.24) is 14.9 Å². The van der Waals surface area contributed by atoms with Gasteiger partial charge < -0.3 is 15.7 Å². The molecule has 0 radical (unpaired) electrons. The Morgan fingerprint density at radius 3 is 2.59 bits per heavy atom. The Hall–Kier alpha value is -2.90. The first kappa shape index (κ1) is 15.5. The van der Waals surface area contributed by atoms with E-state index in [4.69, 9.17) is 0 Å². The van der Waals surface area contributed by atoms with Gasteiger partial charge in [0.15, 0.2) is 5.69 Å². The van der Waals surface area contributed by atoms with Crippen molar-refractivity contribution in [2.75, 3.05) is 12.4 Å². The summed E-state index contributed by atoms with van der Waals surface area (Å²) in [5, 5.41) is 14.9. The number of aromatic nitrogens is 2. The van der Waals surface area contributed by atoms with Crippen LogP contribution in [0.2, 0.25) is 0 Å². The Morgan fingerprint density at radius 2 is 2.00 bits per heavy atom. The highest BCUT2D eigenvalue weighted by atomic mass is 19.1. The molecule has 22 heavy (non-hydrogen) atoms. The molecule has 0 unspecified atom stereocenters. The summed E-state index contributed by atoms with van der Waals surface area (Å²) in [6.45, 7) is 0.115. The number of amides is 1. The molecule has 0 aliphatic carbocycles. The molecular formula is C14H15FN4O3. The molecule has 1 amide bonds. The molecule has 3 N–H and O–H groups in total. The third-order valence-electron chi connectivity index (χ3n) is 3.07. The number of nitrogens with zero attached hydrogens (tertiary/aromatic N) is 2. The molecule has 2 rings (SSSR count). The number of carbonyl (C=O) groups is 1. The molecular weight excluding hydrogens is 291 g/mol. The van der Waals surface area contributed by atoms with Crippen LogP contribution in [0.25, 0.3) is 0 Å². The van der Waals surface area contributed by atoms with Crippen LogP contribution in [-0.4, -0.2) is 27.6 Å². The van der Waals surface area contributed by atoms with E-state index in [0.29, 0.717) is 5.56 Å². The second kappa shape index (κ2) is 6.25. The largest absolute Gasteiger partial charge is 0.501 e. The lowest BCUT2D eigenvalue weighted by Gasteiger charge is -2.11. The molecule has 0 aliphatic heterocycles. The maximum absolute atomic E-state index is 12.8. The molecule has 116 valence electrons. The SMILES string of the molecule is CNc1nc(C(=O)NCc2ccc(F)cc2)c(O)c(=O)n1C. The number of hydrogen-bond donors (Lipinski definition) is 3. The minimum absolute atomic E-state index is 0.115. The van der Waals surface area contributed by atoms with Gasteiger partial charge in [-0.3, -0.25) is 14.2 Å². The van der Waals surface area contributed by atoms with E-state index < -0.39 is 17.2 Å². The van der Waals surface area contributed by atoms with Crippen LogP contribution in [0, 0.1) is 5.82 Å². The number of carbonyl (C=O) groups excluding carboxylic acids is 1. The monoisotopic (exact) mass is 306 g/mol. The van der Waals surface area contributed by atoms with E-state index in [1.165, 1.54) is 31.3 Å². The Kier molecular flexibility index (Phi) is 4.40. The molecule has 1 heterocycles. The van der Waals surface area contributed by atoms with Crippen LogP contribution in [0.1, 0.15) is 16.1 Å². The Labute approximate surface area is 125 Å². The zero-order valence-corrected chi connectivity index (χ0v) is 12.1. The van der Waals surface area contributed by atoms with Crippen molar-refractivity contribution in [3.05, 3.63) is 51.7 Å². The summed E-state index contributed by atoms with van der Waals surface area (Å²) in [7, 11) is 2.96. The van der Waals surface area contributed by atoms with Crippen LogP contribution in [-0.2, 0) is 13.6 Å². The van der Waals surface area contributed by atoms with Crippen molar-refractivity contribution >= 4 is 11.9 Å². The summed E-state index contributed by atoms with van der Waals surface area (Å²) in [4.78, 5) is 27.8. The zero-order chi connectivity index (χ0) is 16.3. The first-order valence-corrected chi connectivity index (χ1v) is 6.44. The van der Waals surface area contributed by atoms with Crippen molar-refractivity contribution in [2.45, 2.75) is 6.54 Å². The van der Waals surface area contributed by atoms with Crippen LogP contribution in [0.4, 0.5) is 10.3 Å². The minimum atomic E-state index is -0.730. The second-order valence-corrected chi connectivity index (χ2v) is 4.56. The van der Waals surface area contributed by atoms with Gasteiger partial charge in [0, 0.05) is 20.6 Å². The predicted octanol–water partition coefficient (Wildman–Crippen LogP) is 0.597. The molecule has 0 saturated carbocycles. The molecule has 0 saturated heterocycles. The fraction of sp³-hybridized carbons (Fsp3) is 0.214. The van der Waals surface area contributed by atoms with Crippen molar-refractivity contribution in [2.24, 2.45) is 7.05 Å². The number of rotatable bonds is 4. The van der Waals surface area contributed by atoms with Crippen LogP contribution in [0.5, 0.6) is 5.75 Å². The van der Waals surface area contributed by atoms with Gasteiger partial charge in [-0.05, 0) is 17.7 Å². The second-order valence-electron chi connectivity index (χ2n) is 4.56. The van der Waals surface area contributed by atoms with Crippen molar-refractivity contribution in [3.8, 4) is 5.75 Å². The standard InChI is InChI=1S/C14H15FN4O3/c1-16-14-18-10(11(20)13(22)19(14)2)12(21)17-7-8-3-5-9(15)6-4-8/h3-6,20H,7H2,1-2H3,(H,16,18)(H,17,21). The van der Waals surface area contributed by atoms with Gasteiger partial charge in [0.2, 0.25) is 11.7 Å². The number of halogens is 1. The lowest BCUT2D eigenvalue weighted by atomic mass is 10.2. The van der Waals surface area contributed by atoms with Gasteiger partial charge in [-0.2, -0.15) is 0 Å². The minimum Gasteiger partial charge on any atom is -0.501 e. The van der Waals surface area contributed by atoms with Gasteiger partial charge in [-0.15, -0.1) is 0 Å². The van der Waals surface area contributed by atoms with Gasteiger partial charge >= 0.3 is 0 Å².